The van der Waals surface area contributed by atoms with Gasteiger partial charge >= 0.3 is 0 Å². The van der Waals surface area contributed by atoms with Gasteiger partial charge in [0, 0.05) is 40.9 Å². The smallest absolute Gasteiger partial charge is 0.291 e. The van der Waals surface area contributed by atoms with Gasteiger partial charge in [0.25, 0.3) is 5.91 Å². The lowest BCUT2D eigenvalue weighted by Crippen LogP contribution is -2.46. The number of amides is 1. The number of hydrogen-bond acceptors (Lipinski definition) is 9. The van der Waals surface area contributed by atoms with Crippen molar-refractivity contribution >= 4 is 27.2 Å². The molecule has 4 aromatic heterocycles. The number of fused-ring (bicyclic) bond motifs is 3. The minimum absolute atomic E-state index is 0.0293. The third kappa shape index (κ3) is 4.46. The molecule has 0 radical (unpaired) electrons. The number of pyridine rings is 1. The molecule has 3 N–H and O–H groups in total. The number of nitrogens with zero attached hydrogens (tertiary/aromatic N) is 7. The number of anilines is 1. The number of nitrogens with two attached hydrogens (primary N) is 1. The molecule has 12 nitrogen and oxygen atoms in total. The lowest BCUT2D eigenvalue weighted by molar-refractivity contribution is 0.0556. The van der Waals surface area contributed by atoms with Crippen LogP contribution in [0.3, 0.4) is 0 Å². The third-order valence-corrected chi connectivity index (χ3v) is 10.9. The molecule has 2 aliphatic rings. The lowest BCUT2D eigenvalue weighted by Gasteiger charge is -2.38. The zero-order valence-electron chi connectivity index (χ0n) is 23.8. The molecule has 1 unspecified atom stereocenters. The number of sulfone groups is 1. The van der Waals surface area contributed by atoms with Gasteiger partial charge in [-0.1, -0.05) is 36.4 Å². The van der Waals surface area contributed by atoms with E-state index in [1.165, 1.54) is 10.8 Å². The van der Waals surface area contributed by atoms with E-state index < -0.39 is 15.1 Å². The van der Waals surface area contributed by atoms with Gasteiger partial charge in [0.15, 0.2) is 15.5 Å². The summed E-state index contributed by atoms with van der Waals surface area (Å²) in [6.07, 6.45) is 7.51. The first-order valence-corrected chi connectivity index (χ1v) is 15.9. The van der Waals surface area contributed by atoms with Gasteiger partial charge in [-0.3, -0.25) is 14.9 Å². The largest absolute Gasteiger partial charge is 0.382 e. The first kappa shape index (κ1) is 27.2. The van der Waals surface area contributed by atoms with Gasteiger partial charge in [-0.25, -0.2) is 18.4 Å². The summed E-state index contributed by atoms with van der Waals surface area (Å²) in [5, 5.41) is 10.3. The molecule has 2 saturated heterocycles. The number of rotatable bonds is 6. The number of aromatic nitrogens is 7. The van der Waals surface area contributed by atoms with E-state index in [-0.39, 0.29) is 40.4 Å². The Balaban J connectivity index is 1.31. The molecule has 0 aliphatic carbocycles. The lowest BCUT2D eigenvalue weighted by atomic mass is 9.87. The van der Waals surface area contributed by atoms with Crippen LogP contribution in [0, 0.1) is 0 Å². The van der Waals surface area contributed by atoms with E-state index in [0.29, 0.717) is 29.7 Å². The second kappa shape index (κ2) is 10.3. The fraction of sp³-hybridized carbons (Fsp3) is 0.333. The van der Waals surface area contributed by atoms with Gasteiger partial charge in [0.2, 0.25) is 5.82 Å². The van der Waals surface area contributed by atoms with E-state index in [2.05, 4.69) is 25.3 Å². The van der Waals surface area contributed by atoms with E-state index in [9.17, 15) is 13.2 Å². The molecular formula is C30H31N9O3S. The zero-order chi connectivity index (χ0) is 29.9. The number of carbonyl (C=O) groups is 1. The second-order valence-corrected chi connectivity index (χ2v) is 13.9. The van der Waals surface area contributed by atoms with Crippen LogP contribution in [-0.4, -0.2) is 71.3 Å². The van der Waals surface area contributed by atoms with Crippen LogP contribution < -0.4 is 5.73 Å². The normalized spacial score (nSPS) is 20.3. The van der Waals surface area contributed by atoms with Crippen molar-refractivity contribution in [2.45, 2.75) is 67.7 Å². The SMILES string of the molecule is CC(C)S(=O)(=O)c1c(C2C[C@H]3CC[C@@H](C2)N3C(=O)c2ncn[nH]2)nc2c(-c3ccc(-c4ccccc4)nc3)cnn2c1N. The van der Waals surface area contributed by atoms with Crippen LogP contribution in [-0.2, 0) is 9.84 Å². The molecule has 0 spiro atoms. The van der Waals surface area contributed by atoms with E-state index in [1.54, 1.807) is 26.2 Å². The summed E-state index contributed by atoms with van der Waals surface area (Å²) in [6, 6.07) is 13.6. The van der Waals surface area contributed by atoms with Crippen molar-refractivity contribution in [2.24, 2.45) is 0 Å². The summed E-state index contributed by atoms with van der Waals surface area (Å²) in [5.41, 5.74) is 10.9. The number of carbonyl (C=O) groups excluding carboxylic acids is 1. The fourth-order valence-electron chi connectivity index (χ4n) is 6.52. The maximum absolute atomic E-state index is 13.8. The zero-order valence-corrected chi connectivity index (χ0v) is 24.6. The van der Waals surface area contributed by atoms with Gasteiger partial charge in [0.05, 0.1) is 22.8 Å². The maximum atomic E-state index is 13.8. The monoisotopic (exact) mass is 597 g/mol. The maximum Gasteiger partial charge on any atom is 0.291 e. The van der Waals surface area contributed by atoms with Gasteiger partial charge in [0.1, 0.15) is 17.0 Å². The summed E-state index contributed by atoms with van der Waals surface area (Å²) in [6.45, 7) is 3.28. The number of nitrogens with one attached hydrogen (secondary N) is 1. The van der Waals surface area contributed by atoms with Crippen LogP contribution in [0.1, 0.15) is 61.8 Å². The van der Waals surface area contributed by atoms with Crippen molar-refractivity contribution < 1.29 is 13.2 Å². The number of hydrogen-bond donors (Lipinski definition) is 2. The fourth-order valence-corrected chi connectivity index (χ4v) is 7.87. The Morgan fingerprint density at radius 1 is 1.00 bits per heavy atom. The number of benzene rings is 1. The predicted molar refractivity (Wildman–Crippen MR) is 160 cm³/mol. The van der Waals surface area contributed by atoms with Crippen LogP contribution in [0.15, 0.2) is 66.1 Å². The molecule has 2 fully saturated rings. The number of piperidine rings is 1. The summed E-state index contributed by atoms with van der Waals surface area (Å²) in [5.74, 6) is -0.154. The first-order valence-electron chi connectivity index (χ1n) is 14.3. The minimum atomic E-state index is -3.81. The quantitative estimate of drug-likeness (QED) is 0.295. The van der Waals surface area contributed by atoms with Crippen molar-refractivity contribution in [3.8, 4) is 22.4 Å². The average Bonchev–Trinajstić information content (AvgIpc) is 3.76. The van der Waals surface area contributed by atoms with E-state index in [4.69, 9.17) is 10.7 Å². The van der Waals surface area contributed by atoms with Gasteiger partial charge in [-0.15, -0.1) is 0 Å². The number of nitrogen functional groups attached to an aromatic ring is 1. The van der Waals surface area contributed by atoms with Crippen molar-refractivity contribution in [3.05, 3.63) is 72.7 Å². The first-order chi connectivity index (χ1) is 20.7. The highest BCUT2D eigenvalue weighted by Crippen LogP contribution is 2.46. The highest BCUT2D eigenvalue weighted by atomic mass is 32.2. The van der Waals surface area contributed by atoms with Crippen molar-refractivity contribution in [1.29, 1.82) is 0 Å². The molecule has 6 heterocycles. The molecule has 1 aromatic carbocycles. The molecule has 0 saturated carbocycles. The van der Waals surface area contributed by atoms with Crippen LogP contribution in [0.5, 0.6) is 0 Å². The Labute approximate surface area is 248 Å². The molecule has 220 valence electrons. The minimum Gasteiger partial charge on any atom is -0.382 e. The highest BCUT2D eigenvalue weighted by Gasteiger charge is 2.46. The standard InChI is InChI=1S/C30H31N9O3S/c1-17(2)43(41,42)26-25(20-12-21-9-10-22(13-20)38(21)30(40)28-33-16-34-37-28)36-29-23(15-35-39(29)27(26)31)19-8-11-24(32-14-19)18-6-4-3-5-7-18/h3-8,11,14-17,20-22H,9-10,12-13,31H2,1-2H3,(H,33,34,37)/t20?,21-,22+. The predicted octanol–water partition coefficient (Wildman–Crippen LogP) is 3.89. The average molecular weight is 598 g/mol. The van der Waals surface area contributed by atoms with Gasteiger partial charge in [-0.2, -0.15) is 14.7 Å². The molecule has 43 heavy (non-hydrogen) atoms. The molecule has 2 bridgehead atoms. The Morgan fingerprint density at radius 2 is 1.74 bits per heavy atom. The van der Waals surface area contributed by atoms with Gasteiger partial charge < -0.3 is 10.6 Å². The van der Waals surface area contributed by atoms with Crippen molar-refractivity contribution in [3.63, 3.8) is 0 Å². The van der Waals surface area contributed by atoms with Crippen LogP contribution >= 0.6 is 0 Å². The molecule has 13 heteroatoms. The Hall–Kier alpha value is -4.65. The molecule has 1 amide bonds. The van der Waals surface area contributed by atoms with Crippen LogP contribution in [0.25, 0.3) is 28.0 Å². The second-order valence-electron chi connectivity index (χ2n) is 11.5. The Bertz CT molecular complexity index is 1910. The summed E-state index contributed by atoms with van der Waals surface area (Å²) in [4.78, 5) is 28.9. The van der Waals surface area contributed by atoms with Crippen LogP contribution in [0.2, 0.25) is 0 Å². The van der Waals surface area contributed by atoms with Crippen molar-refractivity contribution in [2.75, 3.05) is 5.73 Å². The van der Waals surface area contributed by atoms with E-state index in [1.807, 2.05) is 47.4 Å². The van der Waals surface area contributed by atoms with E-state index >= 15 is 0 Å². The van der Waals surface area contributed by atoms with Gasteiger partial charge in [-0.05, 0) is 45.6 Å². The molecule has 3 atom stereocenters. The Morgan fingerprint density at radius 3 is 2.37 bits per heavy atom. The Kier molecular flexibility index (Phi) is 6.49. The summed E-state index contributed by atoms with van der Waals surface area (Å²) in [7, 11) is -3.81. The highest BCUT2D eigenvalue weighted by molar-refractivity contribution is 7.92. The summed E-state index contributed by atoms with van der Waals surface area (Å²) >= 11 is 0. The summed E-state index contributed by atoms with van der Waals surface area (Å²) < 4.78 is 28.9. The van der Waals surface area contributed by atoms with E-state index in [0.717, 1.165) is 29.7 Å². The molecular weight excluding hydrogens is 566 g/mol. The topological polar surface area (TPSA) is 165 Å². The van der Waals surface area contributed by atoms with Crippen molar-refractivity contribution in [1.82, 2.24) is 39.7 Å². The molecule has 2 aliphatic heterocycles. The molecule has 5 aromatic rings. The number of aromatic amines is 1. The third-order valence-electron chi connectivity index (χ3n) is 8.68. The number of H-pyrrole nitrogens is 1. The molecule has 7 rings (SSSR count). The van der Waals surface area contributed by atoms with Crippen LogP contribution in [0.4, 0.5) is 5.82 Å².